The van der Waals surface area contributed by atoms with Crippen LogP contribution in [0.1, 0.15) is 24.2 Å². The molecule has 0 spiro atoms. The number of fused-ring (bicyclic) bond motifs is 1. The number of hydrogen-bond donors (Lipinski definition) is 2. The molecule has 2 aromatic carbocycles. The average molecular weight is 455 g/mol. The van der Waals surface area contributed by atoms with Gasteiger partial charge in [0, 0.05) is 23.3 Å². The van der Waals surface area contributed by atoms with Gasteiger partial charge in [-0.05, 0) is 36.8 Å². The Labute approximate surface area is 196 Å². The molecule has 1 atom stereocenters. The Hall–Kier alpha value is -3.91. The summed E-state index contributed by atoms with van der Waals surface area (Å²) in [6.07, 6.45) is 1.72. The molecule has 0 saturated carbocycles. The van der Waals surface area contributed by atoms with Gasteiger partial charge in [-0.25, -0.2) is 4.68 Å². The highest BCUT2D eigenvalue weighted by Gasteiger charge is 2.35. The molecule has 0 saturated heterocycles. The lowest BCUT2D eigenvalue weighted by Crippen LogP contribution is -2.32. The van der Waals surface area contributed by atoms with Crippen molar-refractivity contribution in [2.24, 2.45) is 0 Å². The molecule has 0 radical (unpaired) electrons. The van der Waals surface area contributed by atoms with Gasteiger partial charge in [-0.15, -0.1) is 5.10 Å². The first-order valence-corrected chi connectivity index (χ1v) is 11.6. The van der Waals surface area contributed by atoms with E-state index in [4.69, 9.17) is 5.10 Å². The number of thioether (sulfide) groups is 1. The van der Waals surface area contributed by atoms with Crippen LogP contribution in [0.3, 0.4) is 0 Å². The van der Waals surface area contributed by atoms with Gasteiger partial charge >= 0.3 is 0 Å². The van der Waals surface area contributed by atoms with Gasteiger partial charge in [-0.2, -0.15) is 4.98 Å². The Bertz CT molecular complexity index is 1290. The first-order chi connectivity index (χ1) is 16.2. The Morgan fingerprint density at radius 2 is 1.76 bits per heavy atom. The minimum absolute atomic E-state index is 0.207. The minimum atomic E-state index is -0.496. The zero-order chi connectivity index (χ0) is 22.6. The summed E-state index contributed by atoms with van der Waals surface area (Å²) in [5, 5.41) is 11.6. The fourth-order valence-electron chi connectivity index (χ4n) is 3.74. The van der Waals surface area contributed by atoms with E-state index in [0.717, 1.165) is 22.8 Å². The van der Waals surface area contributed by atoms with Gasteiger partial charge in [0.05, 0.1) is 11.3 Å². The molecule has 8 heteroatoms. The minimum Gasteiger partial charge on any atom is -0.328 e. The maximum atomic E-state index is 13.4. The highest BCUT2D eigenvalue weighted by Crippen LogP contribution is 2.36. The second-order valence-electron chi connectivity index (χ2n) is 7.58. The van der Waals surface area contributed by atoms with Crippen molar-refractivity contribution in [2.75, 3.05) is 10.6 Å². The number of amides is 1. The van der Waals surface area contributed by atoms with E-state index in [1.165, 1.54) is 5.56 Å². The van der Waals surface area contributed by atoms with Crippen LogP contribution >= 0.6 is 11.8 Å². The summed E-state index contributed by atoms with van der Waals surface area (Å²) in [6.45, 7) is 1.88. The fraction of sp³-hybridized carbons (Fsp3) is 0.120. The second-order valence-corrected chi connectivity index (χ2v) is 8.52. The van der Waals surface area contributed by atoms with Gasteiger partial charge in [0.1, 0.15) is 6.04 Å². The quantitative estimate of drug-likeness (QED) is 0.404. The molecular weight excluding hydrogens is 432 g/mol. The summed E-state index contributed by atoms with van der Waals surface area (Å²) in [5.74, 6) is 1.14. The van der Waals surface area contributed by atoms with Crippen LogP contribution in [0.25, 0.3) is 0 Å². The summed E-state index contributed by atoms with van der Waals surface area (Å²) in [5.41, 5.74) is 3.92. The van der Waals surface area contributed by atoms with Gasteiger partial charge in [0.2, 0.25) is 11.1 Å². The van der Waals surface area contributed by atoms with Crippen LogP contribution in [-0.4, -0.2) is 25.7 Å². The predicted octanol–water partition coefficient (Wildman–Crippen LogP) is 4.89. The summed E-state index contributed by atoms with van der Waals surface area (Å²) in [6, 6.07) is 24.8. The number of carbonyl (C=O) groups is 1. The Kier molecular flexibility index (Phi) is 5.91. The highest BCUT2D eigenvalue weighted by atomic mass is 32.2. The number of rotatable bonds is 6. The van der Waals surface area contributed by atoms with Crippen molar-refractivity contribution in [3.8, 4) is 0 Å². The van der Waals surface area contributed by atoms with Crippen LogP contribution in [0.15, 0.2) is 101 Å². The molecule has 1 aliphatic rings. The molecule has 1 aliphatic heterocycles. The first-order valence-electron chi connectivity index (χ1n) is 10.6. The molecular formula is C25H22N6OS. The van der Waals surface area contributed by atoms with Crippen LogP contribution in [0, 0.1) is 0 Å². The van der Waals surface area contributed by atoms with E-state index in [-0.39, 0.29) is 5.91 Å². The SMILES string of the molecule is CC1=C(C(=O)Nc2ccccc2)[C@H](c2ccccn2)n2nc(SCc3ccccc3)nc2N1. The monoisotopic (exact) mass is 454 g/mol. The molecule has 2 N–H and O–H groups in total. The van der Waals surface area contributed by atoms with E-state index in [0.29, 0.717) is 16.7 Å². The molecule has 5 rings (SSSR count). The number of nitrogens with zero attached hydrogens (tertiary/aromatic N) is 4. The zero-order valence-electron chi connectivity index (χ0n) is 18.0. The molecule has 164 valence electrons. The van der Waals surface area contributed by atoms with Gasteiger partial charge in [-0.3, -0.25) is 9.78 Å². The van der Waals surface area contributed by atoms with Crippen LogP contribution in [-0.2, 0) is 10.5 Å². The standard InChI is InChI=1S/C25H22N6OS/c1-17-21(23(32)28-19-12-6-3-7-13-19)22(20-14-8-9-15-26-20)31-24(27-17)29-25(30-31)33-16-18-10-4-2-5-11-18/h2-15,22H,16H2,1H3,(H,28,32)(H,27,29,30)/t22-/m0/s1. The summed E-state index contributed by atoms with van der Waals surface area (Å²) < 4.78 is 1.75. The molecule has 3 heterocycles. The molecule has 0 fully saturated rings. The van der Waals surface area contributed by atoms with Crippen molar-refractivity contribution in [3.05, 3.63) is 108 Å². The van der Waals surface area contributed by atoms with Crippen molar-refractivity contribution in [3.63, 3.8) is 0 Å². The normalized spacial score (nSPS) is 15.0. The van der Waals surface area contributed by atoms with Crippen LogP contribution in [0.2, 0.25) is 0 Å². The van der Waals surface area contributed by atoms with Crippen molar-refractivity contribution < 1.29 is 4.79 Å². The number of hydrogen-bond acceptors (Lipinski definition) is 6. The third-order valence-corrected chi connectivity index (χ3v) is 6.20. The Morgan fingerprint density at radius 1 is 1.03 bits per heavy atom. The van der Waals surface area contributed by atoms with Crippen molar-refractivity contribution in [1.82, 2.24) is 19.7 Å². The number of anilines is 2. The van der Waals surface area contributed by atoms with Gasteiger partial charge in [0.25, 0.3) is 5.91 Å². The molecule has 2 aromatic heterocycles. The number of carbonyl (C=O) groups excluding carboxylic acids is 1. The summed E-state index contributed by atoms with van der Waals surface area (Å²) in [7, 11) is 0. The number of pyridine rings is 1. The molecule has 0 unspecified atom stereocenters. The largest absolute Gasteiger partial charge is 0.328 e. The zero-order valence-corrected chi connectivity index (χ0v) is 18.8. The molecule has 33 heavy (non-hydrogen) atoms. The lowest BCUT2D eigenvalue weighted by molar-refractivity contribution is -0.113. The predicted molar refractivity (Wildman–Crippen MR) is 130 cm³/mol. The summed E-state index contributed by atoms with van der Waals surface area (Å²) in [4.78, 5) is 22.6. The molecule has 1 amide bonds. The second kappa shape index (κ2) is 9.30. The molecule has 0 aliphatic carbocycles. The van der Waals surface area contributed by atoms with Crippen molar-refractivity contribution in [1.29, 1.82) is 0 Å². The smallest absolute Gasteiger partial charge is 0.255 e. The average Bonchev–Trinajstić information content (AvgIpc) is 3.26. The lowest BCUT2D eigenvalue weighted by atomic mass is 9.98. The summed E-state index contributed by atoms with van der Waals surface area (Å²) >= 11 is 1.56. The number of para-hydroxylation sites is 1. The van der Waals surface area contributed by atoms with E-state index in [2.05, 4.69) is 32.7 Å². The Morgan fingerprint density at radius 3 is 2.48 bits per heavy atom. The van der Waals surface area contributed by atoms with Gasteiger partial charge < -0.3 is 10.6 Å². The third-order valence-electron chi connectivity index (χ3n) is 5.29. The fourth-order valence-corrected chi connectivity index (χ4v) is 4.52. The highest BCUT2D eigenvalue weighted by molar-refractivity contribution is 7.98. The molecule has 0 bridgehead atoms. The Balaban J connectivity index is 1.48. The lowest BCUT2D eigenvalue weighted by Gasteiger charge is -2.27. The number of nitrogens with one attached hydrogen (secondary N) is 2. The maximum absolute atomic E-state index is 13.4. The topological polar surface area (TPSA) is 84.7 Å². The van der Waals surface area contributed by atoms with Gasteiger partial charge in [0.15, 0.2) is 0 Å². The van der Waals surface area contributed by atoms with E-state index >= 15 is 0 Å². The van der Waals surface area contributed by atoms with Crippen LogP contribution in [0.4, 0.5) is 11.6 Å². The number of benzene rings is 2. The van der Waals surface area contributed by atoms with Crippen molar-refractivity contribution in [2.45, 2.75) is 23.9 Å². The van der Waals surface area contributed by atoms with Crippen LogP contribution < -0.4 is 10.6 Å². The first kappa shape index (κ1) is 21.0. The van der Waals surface area contributed by atoms with E-state index < -0.39 is 6.04 Å². The van der Waals surface area contributed by atoms with E-state index in [1.807, 2.05) is 73.7 Å². The number of aromatic nitrogens is 4. The van der Waals surface area contributed by atoms with E-state index in [9.17, 15) is 4.79 Å². The number of allylic oxidation sites excluding steroid dienone is 1. The maximum Gasteiger partial charge on any atom is 0.255 e. The van der Waals surface area contributed by atoms with Crippen LogP contribution in [0.5, 0.6) is 0 Å². The van der Waals surface area contributed by atoms with E-state index in [1.54, 1.807) is 22.6 Å². The van der Waals surface area contributed by atoms with Gasteiger partial charge in [-0.1, -0.05) is 66.4 Å². The van der Waals surface area contributed by atoms with Crippen molar-refractivity contribution >= 4 is 29.3 Å². The third kappa shape index (κ3) is 4.51. The molecule has 7 nitrogen and oxygen atoms in total. The molecule has 4 aromatic rings.